The number of hydrogen-bond acceptors (Lipinski definition) is 7. The third-order valence-corrected chi connectivity index (χ3v) is 5.52. The van der Waals surface area contributed by atoms with Gasteiger partial charge in [-0.2, -0.15) is 5.10 Å². The summed E-state index contributed by atoms with van der Waals surface area (Å²) >= 11 is 1.30. The van der Waals surface area contributed by atoms with Crippen molar-refractivity contribution in [3.8, 4) is 0 Å². The van der Waals surface area contributed by atoms with Crippen LogP contribution in [0.25, 0.3) is 6.08 Å². The molecule has 0 radical (unpaired) electrons. The molecule has 1 aromatic carbocycles. The molecule has 3 aromatic rings. The van der Waals surface area contributed by atoms with Crippen molar-refractivity contribution in [3.63, 3.8) is 0 Å². The third-order valence-electron chi connectivity index (χ3n) is 4.52. The van der Waals surface area contributed by atoms with Gasteiger partial charge in [-0.1, -0.05) is 18.2 Å². The maximum atomic E-state index is 13.1. The molecule has 156 valence electrons. The van der Waals surface area contributed by atoms with Gasteiger partial charge in [-0.15, -0.1) is 5.10 Å². The van der Waals surface area contributed by atoms with Crippen LogP contribution >= 0.6 is 11.8 Å². The summed E-state index contributed by atoms with van der Waals surface area (Å²) in [5.41, 5.74) is 2.87. The summed E-state index contributed by atoms with van der Waals surface area (Å²) in [6, 6.07) is 15.3. The Morgan fingerprint density at radius 1 is 1.13 bits per heavy atom. The number of furan rings is 1. The maximum Gasteiger partial charge on any atom is 0.267 e. The highest BCUT2D eigenvalue weighted by Crippen LogP contribution is 2.34. The molecular formula is C23H21N5O2S. The first-order chi connectivity index (χ1) is 15.1. The Hall–Kier alpha value is -3.65. The molecular weight excluding hydrogens is 410 g/mol. The van der Waals surface area contributed by atoms with E-state index >= 15 is 0 Å². The van der Waals surface area contributed by atoms with Gasteiger partial charge < -0.3 is 9.32 Å². The van der Waals surface area contributed by atoms with Crippen molar-refractivity contribution in [3.05, 3.63) is 89.0 Å². The maximum absolute atomic E-state index is 13.1. The van der Waals surface area contributed by atoms with Gasteiger partial charge in [-0.3, -0.25) is 14.7 Å². The summed E-state index contributed by atoms with van der Waals surface area (Å²) in [5, 5.41) is 8.95. The number of carbonyl (C=O) groups excluding carboxylic acids is 1. The number of thioether (sulfide) groups is 1. The van der Waals surface area contributed by atoms with Gasteiger partial charge in [0.1, 0.15) is 5.76 Å². The summed E-state index contributed by atoms with van der Waals surface area (Å²) in [6.07, 6.45) is 8.46. The van der Waals surface area contributed by atoms with Gasteiger partial charge >= 0.3 is 0 Å². The highest BCUT2D eigenvalue weighted by atomic mass is 32.2. The van der Waals surface area contributed by atoms with Gasteiger partial charge in [0.2, 0.25) is 0 Å². The second-order valence-corrected chi connectivity index (χ2v) is 7.99. The van der Waals surface area contributed by atoms with Crippen LogP contribution in [0.3, 0.4) is 0 Å². The lowest BCUT2D eigenvalue weighted by molar-refractivity contribution is -0.122. The Bertz CT molecular complexity index is 1120. The van der Waals surface area contributed by atoms with Crippen LogP contribution in [0.2, 0.25) is 0 Å². The molecule has 0 spiro atoms. The summed E-state index contributed by atoms with van der Waals surface area (Å²) < 4.78 is 5.43. The molecule has 0 saturated carbocycles. The van der Waals surface area contributed by atoms with E-state index in [1.165, 1.54) is 11.8 Å². The Morgan fingerprint density at radius 3 is 2.65 bits per heavy atom. The second kappa shape index (κ2) is 9.44. The number of carbonyl (C=O) groups is 1. The van der Waals surface area contributed by atoms with Gasteiger partial charge in [0, 0.05) is 37.7 Å². The first-order valence-corrected chi connectivity index (χ1v) is 10.4. The molecule has 1 aliphatic heterocycles. The van der Waals surface area contributed by atoms with E-state index in [0.717, 1.165) is 16.8 Å². The normalized spacial score (nSPS) is 16.7. The monoisotopic (exact) mass is 431 g/mol. The largest absolute Gasteiger partial charge is 0.467 e. The number of amides is 1. The minimum absolute atomic E-state index is 0.131. The molecule has 4 rings (SSSR count). The number of nitrogens with zero attached hydrogens (tertiary/aromatic N) is 5. The van der Waals surface area contributed by atoms with E-state index in [1.807, 2.05) is 67.5 Å². The van der Waals surface area contributed by atoms with Crippen molar-refractivity contribution in [1.82, 2.24) is 9.88 Å². The number of rotatable bonds is 6. The van der Waals surface area contributed by atoms with Crippen molar-refractivity contribution in [2.45, 2.75) is 6.54 Å². The van der Waals surface area contributed by atoms with Crippen molar-refractivity contribution in [2.24, 2.45) is 10.2 Å². The summed E-state index contributed by atoms with van der Waals surface area (Å²) in [4.78, 5) is 21.3. The van der Waals surface area contributed by atoms with Crippen LogP contribution in [0.5, 0.6) is 0 Å². The zero-order chi connectivity index (χ0) is 21.6. The average molecular weight is 432 g/mol. The Morgan fingerprint density at radius 2 is 1.97 bits per heavy atom. The molecule has 31 heavy (non-hydrogen) atoms. The Kier molecular flexibility index (Phi) is 6.28. The number of aromatic nitrogens is 1. The lowest BCUT2D eigenvalue weighted by atomic mass is 10.2. The van der Waals surface area contributed by atoms with Gasteiger partial charge in [-0.05, 0) is 53.7 Å². The number of pyridine rings is 1. The summed E-state index contributed by atoms with van der Waals surface area (Å²) in [6.45, 7) is 0.289. The molecule has 0 bridgehead atoms. The first-order valence-electron chi connectivity index (χ1n) is 9.62. The second-order valence-electron chi connectivity index (χ2n) is 6.98. The molecule has 3 heterocycles. The fraction of sp³-hybridized carbons (Fsp3) is 0.130. The number of hydrogen-bond donors (Lipinski definition) is 0. The van der Waals surface area contributed by atoms with E-state index in [9.17, 15) is 4.79 Å². The molecule has 0 N–H and O–H groups in total. The van der Waals surface area contributed by atoms with Crippen LogP contribution in [0.15, 0.2) is 86.7 Å². The minimum Gasteiger partial charge on any atom is -0.467 e. The first kappa shape index (κ1) is 20.6. The van der Waals surface area contributed by atoms with Crippen LogP contribution in [0.4, 0.5) is 5.69 Å². The van der Waals surface area contributed by atoms with Gasteiger partial charge in [0.25, 0.3) is 5.91 Å². The van der Waals surface area contributed by atoms with Crippen molar-refractivity contribution < 1.29 is 9.21 Å². The lowest BCUT2D eigenvalue weighted by Crippen LogP contribution is -2.28. The fourth-order valence-electron chi connectivity index (χ4n) is 2.90. The van der Waals surface area contributed by atoms with E-state index < -0.39 is 0 Å². The zero-order valence-electron chi connectivity index (χ0n) is 17.2. The lowest BCUT2D eigenvalue weighted by Gasteiger charge is -2.12. The average Bonchev–Trinajstić information content (AvgIpc) is 3.39. The fourth-order valence-corrected chi connectivity index (χ4v) is 3.83. The predicted molar refractivity (Wildman–Crippen MR) is 125 cm³/mol. The van der Waals surface area contributed by atoms with Gasteiger partial charge in [0.05, 0.1) is 23.9 Å². The van der Waals surface area contributed by atoms with Gasteiger partial charge in [-0.25, -0.2) is 0 Å². The van der Waals surface area contributed by atoms with Crippen LogP contribution in [-0.4, -0.2) is 41.3 Å². The molecule has 0 aliphatic carbocycles. The molecule has 0 unspecified atom stereocenters. The minimum atomic E-state index is -0.131. The number of anilines is 1. The van der Waals surface area contributed by atoms with E-state index in [1.54, 1.807) is 35.8 Å². The van der Waals surface area contributed by atoms with E-state index in [4.69, 9.17) is 4.42 Å². The highest BCUT2D eigenvalue weighted by molar-refractivity contribution is 8.18. The topological polar surface area (TPSA) is 74.3 Å². The quantitative estimate of drug-likeness (QED) is 0.331. The highest BCUT2D eigenvalue weighted by Gasteiger charge is 2.34. The Labute approximate surface area is 184 Å². The van der Waals surface area contributed by atoms with E-state index in [0.29, 0.717) is 15.8 Å². The SMILES string of the molecule is CN(C)c1ccc(/C=C2\S/C(=N\N=C\c3cccnc3)N(Cc3ccco3)C2=O)cc1. The van der Waals surface area contributed by atoms with Gasteiger partial charge in [0.15, 0.2) is 5.17 Å². The van der Waals surface area contributed by atoms with E-state index in [-0.39, 0.29) is 12.5 Å². The van der Waals surface area contributed by atoms with Crippen LogP contribution in [0.1, 0.15) is 16.9 Å². The summed E-state index contributed by atoms with van der Waals surface area (Å²) in [7, 11) is 3.98. The van der Waals surface area contributed by atoms with Crippen LogP contribution in [-0.2, 0) is 11.3 Å². The molecule has 1 aliphatic rings. The molecule has 7 nitrogen and oxygen atoms in total. The van der Waals surface area contributed by atoms with E-state index in [2.05, 4.69) is 15.2 Å². The summed E-state index contributed by atoms with van der Waals surface area (Å²) in [5.74, 6) is 0.544. The smallest absolute Gasteiger partial charge is 0.267 e. The zero-order valence-corrected chi connectivity index (χ0v) is 18.0. The van der Waals surface area contributed by atoms with Crippen molar-refractivity contribution in [1.29, 1.82) is 0 Å². The standard InChI is InChI=1S/C23H21N5O2S/c1-27(2)19-9-7-17(8-10-19)13-21-22(29)28(16-20-6-4-12-30-20)23(31-21)26-25-15-18-5-3-11-24-14-18/h3-15H,16H2,1-2H3/b21-13-,25-15+,26-23-. The number of amidine groups is 1. The Balaban J connectivity index is 1.60. The molecule has 0 atom stereocenters. The molecule has 2 aromatic heterocycles. The molecule has 1 amide bonds. The molecule has 1 saturated heterocycles. The number of benzene rings is 1. The molecule has 8 heteroatoms. The van der Waals surface area contributed by atoms with Crippen LogP contribution < -0.4 is 4.90 Å². The third kappa shape index (κ3) is 5.10. The van der Waals surface area contributed by atoms with Crippen LogP contribution in [0, 0.1) is 0 Å². The van der Waals surface area contributed by atoms with Crippen molar-refractivity contribution in [2.75, 3.05) is 19.0 Å². The predicted octanol–water partition coefficient (Wildman–Crippen LogP) is 4.25. The van der Waals surface area contributed by atoms with Crippen molar-refractivity contribution >= 4 is 40.8 Å². The molecule has 1 fully saturated rings.